The summed E-state index contributed by atoms with van der Waals surface area (Å²) in [6.07, 6.45) is 1.77. The second-order valence-corrected chi connectivity index (χ2v) is 5.28. The van der Waals surface area contributed by atoms with Gasteiger partial charge in [0.2, 0.25) is 0 Å². The highest BCUT2D eigenvalue weighted by Crippen LogP contribution is 2.19. The first kappa shape index (κ1) is 16.0. The fourth-order valence-corrected chi connectivity index (χ4v) is 2.42. The molecule has 1 amide bonds. The van der Waals surface area contributed by atoms with Crippen LogP contribution in [0.4, 0.5) is 0 Å². The van der Waals surface area contributed by atoms with E-state index in [-0.39, 0.29) is 19.1 Å². The molecular weight excluding hydrogens is 304 g/mol. The lowest BCUT2D eigenvalue weighted by Gasteiger charge is -2.09. The van der Waals surface area contributed by atoms with Gasteiger partial charge in [0.05, 0.1) is 12.1 Å². The number of fused-ring (bicyclic) bond motifs is 1. The SMILES string of the molecule is O=C(NCCO)c1ccc(OCc2cccc3cccnc23)cc1. The van der Waals surface area contributed by atoms with Crippen LogP contribution in [0, 0.1) is 0 Å². The molecule has 0 aliphatic heterocycles. The molecule has 1 heterocycles. The number of carbonyl (C=O) groups excluding carboxylic acids is 1. The zero-order valence-corrected chi connectivity index (χ0v) is 13.1. The number of rotatable bonds is 6. The fraction of sp³-hybridized carbons (Fsp3) is 0.158. The van der Waals surface area contributed by atoms with E-state index in [2.05, 4.69) is 10.3 Å². The molecule has 0 spiro atoms. The number of nitrogens with zero attached hydrogens (tertiary/aromatic N) is 1. The maximum absolute atomic E-state index is 11.8. The molecule has 122 valence electrons. The van der Waals surface area contributed by atoms with Crippen LogP contribution >= 0.6 is 0 Å². The second kappa shape index (κ2) is 7.57. The van der Waals surface area contributed by atoms with Gasteiger partial charge in [0.15, 0.2) is 0 Å². The number of nitrogens with one attached hydrogen (secondary N) is 1. The van der Waals surface area contributed by atoms with Crippen LogP contribution in [-0.2, 0) is 6.61 Å². The van der Waals surface area contributed by atoms with Crippen molar-refractivity contribution in [3.63, 3.8) is 0 Å². The Bertz CT molecular complexity index is 826. The number of benzene rings is 2. The second-order valence-electron chi connectivity index (χ2n) is 5.28. The first-order valence-electron chi connectivity index (χ1n) is 7.72. The highest BCUT2D eigenvalue weighted by molar-refractivity contribution is 5.94. The number of aliphatic hydroxyl groups excluding tert-OH is 1. The molecule has 0 atom stereocenters. The summed E-state index contributed by atoms with van der Waals surface area (Å²) in [7, 11) is 0. The van der Waals surface area contributed by atoms with E-state index < -0.39 is 0 Å². The van der Waals surface area contributed by atoms with Crippen molar-refractivity contribution in [1.29, 1.82) is 0 Å². The van der Waals surface area contributed by atoms with Crippen molar-refractivity contribution in [3.05, 3.63) is 71.9 Å². The Balaban J connectivity index is 1.67. The Morgan fingerprint density at radius 3 is 2.67 bits per heavy atom. The average Bonchev–Trinajstić information content (AvgIpc) is 2.64. The number of aliphatic hydroxyl groups is 1. The lowest BCUT2D eigenvalue weighted by molar-refractivity contribution is 0.0944. The minimum Gasteiger partial charge on any atom is -0.489 e. The van der Waals surface area contributed by atoms with Crippen LogP contribution in [0.1, 0.15) is 15.9 Å². The minimum absolute atomic E-state index is 0.0774. The lowest BCUT2D eigenvalue weighted by Crippen LogP contribution is -2.26. The Hall–Kier alpha value is -2.92. The Labute approximate surface area is 139 Å². The Morgan fingerprint density at radius 2 is 1.88 bits per heavy atom. The third kappa shape index (κ3) is 3.70. The van der Waals surface area contributed by atoms with Gasteiger partial charge in [0.1, 0.15) is 12.4 Å². The van der Waals surface area contributed by atoms with Crippen LogP contribution in [0.15, 0.2) is 60.8 Å². The van der Waals surface area contributed by atoms with Crippen molar-refractivity contribution in [2.45, 2.75) is 6.61 Å². The quantitative estimate of drug-likeness (QED) is 0.731. The predicted molar refractivity (Wildman–Crippen MR) is 91.9 cm³/mol. The molecule has 5 heteroatoms. The summed E-state index contributed by atoms with van der Waals surface area (Å²) in [5.74, 6) is 0.468. The van der Waals surface area contributed by atoms with Crippen LogP contribution in [0.2, 0.25) is 0 Å². The van der Waals surface area contributed by atoms with E-state index >= 15 is 0 Å². The van der Waals surface area contributed by atoms with Crippen LogP contribution in [-0.4, -0.2) is 29.1 Å². The molecule has 3 rings (SSSR count). The smallest absolute Gasteiger partial charge is 0.251 e. The third-order valence-corrected chi connectivity index (χ3v) is 3.62. The van der Waals surface area contributed by atoms with Crippen LogP contribution in [0.25, 0.3) is 10.9 Å². The zero-order chi connectivity index (χ0) is 16.8. The summed E-state index contributed by atoms with van der Waals surface area (Å²) < 4.78 is 5.80. The van der Waals surface area contributed by atoms with Gasteiger partial charge < -0.3 is 15.2 Å². The van der Waals surface area contributed by atoms with E-state index in [9.17, 15) is 4.79 Å². The van der Waals surface area contributed by atoms with E-state index in [0.717, 1.165) is 16.5 Å². The van der Waals surface area contributed by atoms with Gasteiger partial charge in [-0.15, -0.1) is 0 Å². The van der Waals surface area contributed by atoms with Crippen molar-refractivity contribution in [2.75, 3.05) is 13.2 Å². The van der Waals surface area contributed by atoms with Crippen molar-refractivity contribution >= 4 is 16.8 Å². The van der Waals surface area contributed by atoms with E-state index in [1.165, 1.54) is 0 Å². The average molecular weight is 322 g/mol. The molecule has 2 aromatic carbocycles. The summed E-state index contributed by atoms with van der Waals surface area (Å²) in [5.41, 5.74) is 2.47. The number of ether oxygens (including phenoxy) is 1. The summed E-state index contributed by atoms with van der Waals surface area (Å²) in [4.78, 5) is 16.2. The van der Waals surface area contributed by atoms with E-state index in [1.807, 2.05) is 30.3 Å². The molecule has 1 aromatic heterocycles. The minimum atomic E-state index is -0.214. The highest BCUT2D eigenvalue weighted by atomic mass is 16.5. The summed E-state index contributed by atoms with van der Waals surface area (Å²) >= 11 is 0. The molecule has 5 nitrogen and oxygen atoms in total. The number of para-hydroxylation sites is 1. The molecule has 0 aliphatic rings. The van der Waals surface area contributed by atoms with Crippen LogP contribution in [0.5, 0.6) is 5.75 Å². The molecule has 0 aliphatic carbocycles. The lowest BCUT2D eigenvalue weighted by atomic mass is 10.1. The largest absolute Gasteiger partial charge is 0.489 e. The number of pyridine rings is 1. The standard InChI is InChI=1S/C19H18N2O3/c22-12-11-21-19(23)15-6-8-17(9-7-15)24-13-16-4-1-3-14-5-2-10-20-18(14)16/h1-10,22H,11-13H2,(H,21,23). The predicted octanol–water partition coefficient (Wildman–Crippen LogP) is 2.54. The van der Waals surface area contributed by atoms with E-state index in [4.69, 9.17) is 9.84 Å². The van der Waals surface area contributed by atoms with Crippen molar-refractivity contribution in [3.8, 4) is 5.75 Å². The summed E-state index contributed by atoms with van der Waals surface area (Å²) in [6, 6.07) is 16.8. The molecular formula is C19H18N2O3. The van der Waals surface area contributed by atoms with Gasteiger partial charge in [-0.05, 0) is 30.3 Å². The van der Waals surface area contributed by atoms with Gasteiger partial charge in [-0.1, -0.05) is 24.3 Å². The zero-order valence-electron chi connectivity index (χ0n) is 13.1. The van der Waals surface area contributed by atoms with E-state index in [1.54, 1.807) is 30.5 Å². The molecule has 0 unspecified atom stereocenters. The first-order chi connectivity index (χ1) is 11.8. The molecule has 0 bridgehead atoms. The van der Waals surface area contributed by atoms with Gasteiger partial charge >= 0.3 is 0 Å². The van der Waals surface area contributed by atoms with Gasteiger partial charge in [0, 0.05) is 29.3 Å². The van der Waals surface area contributed by atoms with Gasteiger partial charge in [0.25, 0.3) is 5.91 Å². The van der Waals surface area contributed by atoms with Gasteiger partial charge in [-0.2, -0.15) is 0 Å². The number of hydrogen-bond acceptors (Lipinski definition) is 4. The molecule has 0 radical (unpaired) electrons. The van der Waals surface area contributed by atoms with Crippen molar-refractivity contribution in [2.24, 2.45) is 0 Å². The number of aromatic nitrogens is 1. The molecule has 0 fully saturated rings. The van der Waals surface area contributed by atoms with Crippen LogP contribution in [0.3, 0.4) is 0 Å². The van der Waals surface area contributed by atoms with Crippen molar-refractivity contribution in [1.82, 2.24) is 10.3 Å². The fourth-order valence-electron chi connectivity index (χ4n) is 2.42. The summed E-state index contributed by atoms with van der Waals surface area (Å²) in [6.45, 7) is 0.571. The van der Waals surface area contributed by atoms with Gasteiger partial charge in [-0.3, -0.25) is 9.78 Å². The number of carbonyl (C=O) groups is 1. The van der Waals surface area contributed by atoms with E-state index in [0.29, 0.717) is 17.9 Å². The maximum atomic E-state index is 11.8. The molecule has 2 N–H and O–H groups in total. The Kier molecular flexibility index (Phi) is 5.03. The van der Waals surface area contributed by atoms with Gasteiger partial charge in [-0.25, -0.2) is 0 Å². The topological polar surface area (TPSA) is 71.5 Å². The number of hydrogen-bond donors (Lipinski definition) is 2. The molecule has 0 saturated carbocycles. The first-order valence-corrected chi connectivity index (χ1v) is 7.72. The highest BCUT2D eigenvalue weighted by Gasteiger charge is 2.06. The van der Waals surface area contributed by atoms with Crippen LogP contribution < -0.4 is 10.1 Å². The summed E-state index contributed by atoms with van der Waals surface area (Å²) in [5, 5.41) is 12.4. The Morgan fingerprint density at radius 1 is 1.08 bits per heavy atom. The number of amides is 1. The molecule has 24 heavy (non-hydrogen) atoms. The van der Waals surface area contributed by atoms with Crippen molar-refractivity contribution < 1.29 is 14.6 Å². The molecule has 3 aromatic rings. The monoisotopic (exact) mass is 322 g/mol. The maximum Gasteiger partial charge on any atom is 0.251 e. The molecule has 0 saturated heterocycles. The normalized spacial score (nSPS) is 10.5. The third-order valence-electron chi connectivity index (χ3n) is 3.62.